The van der Waals surface area contributed by atoms with E-state index in [1.807, 2.05) is 6.92 Å². The summed E-state index contributed by atoms with van der Waals surface area (Å²) in [5.74, 6) is 0.285. The third-order valence-corrected chi connectivity index (χ3v) is 4.42. The molecule has 0 aliphatic rings. The summed E-state index contributed by atoms with van der Waals surface area (Å²) in [6.07, 6.45) is 4.21. The average Bonchev–Trinajstić information content (AvgIpc) is 2.64. The summed E-state index contributed by atoms with van der Waals surface area (Å²) < 4.78 is 6.46. The molecule has 1 atom stereocenters. The molecule has 2 nitrogen and oxygen atoms in total. The molecule has 2 rings (SSSR count). The minimum atomic E-state index is -0.444. The molecule has 0 fully saturated rings. The van der Waals surface area contributed by atoms with Gasteiger partial charge in [0.2, 0.25) is 0 Å². The molecule has 0 spiro atoms. The van der Waals surface area contributed by atoms with Gasteiger partial charge in [-0.15, -0.1) is 0 Å². The van der Waals surface area contributed by atoms with Gasteiger partial charge in [-0.1, -0.05) is 79.7 Å². The van der Waals surface area contributed by atoms with E-state index >= 15 is 0 Å². The van der Waals surface area contributed by atoms with Gasteiger partial charge in [0.25, 0.3) is 0 Å². The Morgan fingerprint density at radius 2 is 1.54 bits per heavy atom. The number of ether oxygens (including phenoxy) is 1. The van der Waals surface area contributed by atoms with Crippen LogP contribution in [0.1, 0.15) is 31.9 Å². The van der Waals surface area contributed by atoms with Gasteiger partial charge in [0.1, 0.15) is 5.60 Å². The normalized spacial score (nSPS) is 13.3. The van der Waals surface area contributed by atoms with Crippen LogP contribution in [0.3, 0.4) is 0 Å². The van der Waals surface area contributed by atoms with Crippen LogP contribution in [0.15, 0.2) is 72.8 Å². The van der Waals surface area contributed by atoms with Gasteiger partial charge in [-0.3, -0.25) is 0 Å². The minimum Gasteiger partial charge on any atom is -0.365 e. The van der Waals surface area contributed by atoms with Gasteiger partial charge in [0.05, 0.1) is 0 Å². The van der Waals surface area contributed by atoms with Crippen molar-refractivity contribution >= 4 is 0 Å². The largest absolute Gasteiger partial charge is 0.365 e. The van der Waals surface area contributed by atoms with Crippen molar-refractivity contribution in [1.29, 1.82) is 0 Å². The molecular formula is C22H29NO. The zero-order chi connectivity index (χ0) is 17.3. The van der Waals surface area contributed by atoms with Crippen LogP contribution in [0.5, 0.6) is 0 Å². The fraction of sp³-hybridized carbons (Fsp3) is 0.364. The molecule has 0 aromatic heterocycles. The van der Waals surface area contributed by atoms with Crippen LogP contribution in [0.2, 0.25) is 0 Å². The molecule has 24 heavy (non-hydrogen) atoms. The number of hydrogen-bond acceptors (Lipinski definition) is 2. The second kappa shape index (κ2) is 9.41. The Bertz CT molecular complexity index is 567. The zero-order valence-electron chi connectivity index (χ0n) is 15.0. The standard InChI is InChI=1S/C22H29NO/c1-4-6-17-23-18-19(3)22(24-5-2,20-13-9-7-10-14-20)21-15-11-8-12-16-21/h4,6-16,19,23H,5,17-18H2,1-3H3/b6-4+. The Hall–Kier alpha value is -1.90. The van der Waals surface area contributed by atoms with E-state index in [0.29, 0.717) is 6.61 Å². The maximum atomic E-state index is 6.46. The molecule has 1 unspecified atom stereocenters. The summed E-state index contributed by atoms with van der Waals surface area (Å²) in [4.78, 5) is 0. The van der Waals surface area contributed by atoms with Crippen LogP contribution in [-0.2, 0) is 10.3 Å². The predicted octanol–water partition coefficient (Wildman–Crippen LogP) is 4.77. The Balaban J connectivity index is 2.42. The van der Waals surface area contributed by atoms with Crippen molar-refractivity contribution in [2.45, 2.75) is 26.4 Å². The second-order valence-electron chi connectivity index (χ2n) is 6.03. The summed E-state index contributed by atoms with van der Waals surface area (Å²) in [7, 11) is 0. The highest BCUT2D eigenvalue weighted by Crippen LogP contribution is 2.40. The van der Waals surface area contributed by atoms with E-state index in [4.69, 9.17) is 4.74 Å². The summed E-state index contributed by atoms with van der Waals surface area (Å²) in [6, 6.07) is 21.2. The first-order valence-electron chi connectivity index (χ1n) is 8.82. The average molecular weight is 323 g/mol. The van der Waals surface area contributed by atoms with Crippen molar-refractivity contribution in [2.75, 3.05) is 19.7 Å². The molecule has 0 bridgehead atoms. The molecule has 0 saturated carbocycles. The number of benzene rings is 2. The van der Waals surface area contributed by atoms with E-state index in [9.17, 15) is 0 Å². The lowest BCUT2D eigenvalue weighted by Gasteiger charge is -2.40. The minimum absolute atomic E-state index is 0.285. The molecule has 0 amide bonds. The van der Waals surface area contributed by atoms with Crippen molar-refractivity contribution in [3.63, 3.8) is 0 Å². The van der Waals surface area contributed by atoms with Gasteiger partial charge in [0.15, 0.2) is 0 Å². The highest BCUT2D eigenvalue weighted by atomic mass is 16.5. The van der Waals surface area contributed by atoms with Crippen LogP contribution in [0.25, 0.3) is 0 Å². The molecule has 0 saturated heterocycles. The van der Waals surface area contributed by atoms with Crippen LogP contribution < -0.4 is 5.32 Å². The van der Waals surface area contributed by atoms with Gasteiger partial charge in [-0.2, -0.15) is 0 Å². The summed E-state index contributed by atoms with van der Waals surface area (Å²) in [5.41, 5.74) is 1.97. The first-order chi connectivity index (χ1) is 11.8. The van der Waals surface area contributed by atoms with Crippen molar-refractivity contribution in [2.24, 2.45) is 5.92 Å². The Kier molecular flexibility index (Phi) is 7.23. The third-order valence-electron chi connectivity index (χ3n) is 4.42. The Morgan fingerprint density at radius 1 is 1.00 bits per heavy atom. The van der Waals surface area contributed by atoms with Crippen molar-refractivity contribution in [3.8, 4) is 0 Å². The van der Waals surface area contributed by atoms with E-state index in [1.165, 1.54) is 11.1 Å². The molecule has 0 heterocycles. The van der Waals surface area contributed by atoms with E-state index in [2.05, 4.69) is 92.0 Å². The molecule has 0 aliphatic heterocycles. The lowest BCUT2D eigenvalue weighted by atomic mass is 9.76. The van der Waals surface area contributed by atoms with E-state index in [0.717, 1.165) is 13.1 Å². The van der Waals surface area contributed by atoms with Crippen LogP contribution >= 0.6 is 0 Å². The second-order valence-corrected chi connectivity index (χ2v) is 6.03. The Labute approximate surface area is 146 Å². The summed E-state index contributed by atoms with van der Waals surface area (Å²) in [5, 5.41) is 3.52. The van der Waals surface area contributed by atoms with Crippen LogP contribution in [0.4, 0.5) is 0 Å². The summed E-state index contributed by atoms with van der Waals surface area (Å²) in [6.45, 7) is 8.81. The number of allylic oxidation sites excluding steroid dienone is 1. The van der Waals surface area contributed by atoms with Crippen LogP contribution in [0, 0.1) is 5.92 Å². The zero-order valence-corrected chi connectivity index (χ0v) is 15.0. The molecule has 128 valence electrons. The van der Waals surface area contributed by atoms with Gasteiger partial charge in [-0.05, 0) is 25.0 Å². The molecule has 2 heteroatoms. The topological polar surface area (TPSA) is 21.3 Å². The molecule has 0 aliphatic carbocycles. The quantitative estimate of drug-likeness (QED) is 0.530. The first-order valence-corrected chi connectivity index (χ1v) is 8.82. The van der Waals surface area contributed by atoms with Crippen LogP contribution in [-0.4, -0.2) is 19.7 Å². The number of hydrogen-bond donors (Lipinski definition) is 1. The molecule has 1 N–H and O–H groups in total. The number of rotatable bonds is 9. The maximum Gasteiger partial charge on any atom is 0.122 e. The van der Waals surface area contributed by atoms with Gasteiger partial charge in [0, 0.05) is 25.6 Å². The predicted molar refractivity (Wildman–Crippen MR) is 102 cm³/mol. The third kappa shape index (κ3) is 4.14. The Morgan fingerprint density at radius 3 is 2.00 bits per heavy atom. The highest BCUT2D eigenvalue weighted by molar-refractivity contribution is 5.37. The van der Waals surface area contributed by atoms with Gasteiger partial charge < -0.3 is 10.1 Å². The fourth-order valence-electron chi connectivity index (χ4n) is 3.29. The molecule has 2 aromatic carbocycles. The van der Waals surface area contributed by atoms with Crippen molar-refractivity contribution in [3.05, 3.63) is 83.9 Å². The van der Waals surface area contributed by atoms with Gasteiger partial charge in [-0.25, -0.2) is 0 Å². The summed E-state index contributed by atoms with van der Waals surface area (Å²) >= 11 is 0. The molecule has 0 radical (unpaired) electrons. The first kappa shape index (κ1) is 18.4. The van der Waals surface area contributed by atoms with E-state index in [1.54, 1.807) is 0 Å². The molecule has 2 aromatic rings. The van der Waals surface area contributed by atoms with E-state index in [-0.39, 0.29) is 5.92 Å². The van der Waals surface area contributed by atoms with Gasteiger partial charge >= 0.3 is 0 Å². The highest BCUT2D eigenvalue weighted by Gasteiger charge is 2.40. The number of nitrogens with one attached hydrogen (secondary N) is 1. The molecular weight excluding hydrogens is 294 g/mol. The van der Waals surface area contributed by atoms with Crippen molar-refractivity contribution < 1.29 is 4.74 Å². The monoisotopic (exact) mass is 323 g/mol. The lowest BCUT2D eigenvalue weighted by Crippen LogP contribution is -2.43. The SMILES string of the molecule is C/C=C/CNCC(C)C(OCC)(c1ccccc1)c1ccccc1. The van der Waals surface area contributed by atoms with E-state index < -0.39 is 5.60 Å². The lowest BCUT2D eigenvalue weighted by molar-refractivity contribution is -0.0505. The maximum absolute atomic E-state index is 6.46. The van der Waals surface area contributed by atoms with Crippen molar-refractivity contribution in [1.82, 2.24) is 5.32 Å². The fourth-order valence-corrected chi connectivity index (χ4v) is 3.29. The smallest absolute Gasteiger partial charge is 0.122 e.